The standard InChI is InChI=1S/C19H28N4O3S2/c1-2-20-10-12-21(13-11-20)15-23-17-14-16(6-7-18(17)26-19(23)27)28(24,25)22-8-4-3-5-9-22/h6-7,14H,2-5,8-13,15H2,1H3. The van der Waals surface area contributed by atoms with E-state index in [0.717, 1.165) is 57.5 Å². The van der Waals surface area contributed by atoms with Crippen molar-refractivity contribution in [2.45, 2.75) is 37.8 Å². The lowest BCUT2D eigenvalue weighted by Crippen LogP contribution is -2.46. The summed E-state index contributed by atoms with van der Waals surface area (Å²) in [6.45, 7) is 9.07. The normalized spacial score (nSPS) is 20.8. The van der Waals surface area contributed by atoms with Gasteiger partial charge in [0.2, 0.25) is 10.0 Å². The molecule has 2 aliphatic heterocycles. The number of benzene rings is 1. The largest absolute Gasteiger partial charge is 0.429 e. The Balaban J connectivity index is 1.62. The zero-order valence-corrected chi connectivity index (χ0v) is 18.0. The molecule has 0 spiro atoms. The van der Waals surface area contributed by atoms with Crippen molar-refractivity contribution in [3.63, 3.8) is 0 Å². The number of aromatic nitrogens is 1. The Morgan fingerprint density at radius 2 is 1.68 bits per heavy atom. The Morgan fingerprint density at radius 3 is 2.36 bits per heavy atom. The highest BCUT2D eigenvalue weighted by molar-refractivity contribution is 7.89. The quantitative estimate of drug-likeness (QED) is 0.688. The summed E-state index contributed by atoms with van der Waals surface area (Å²) in [6, 6.07) is 5.09. The number of oxazole rings is 1. The highest BCUT2D eigenvalue weighted by Crippen LogP contribution is 2.26. The van der Waals surface area contributed by atoms with Crippen molar-refractivity contribution in [1.29, 1.82) is 0 Å². The van der Waals surface area contributed by atoms with Crippen molar-refractivity contribution in [2.24, 2.45) is 0 Å². The maximum atomic E-state index is 13.1. The fourth-order valence-electron chi connectivity index (χ4n) is 4.04. The number of likely N-dealkylation sites (N-methyl/N-ethyl adjacent to an activating group) is 1. The summed E-state index contributed by atoms with van der Waals surface area (Å²) >= 11 is 5.43. The van der Waals surface area contributed by atoms with E-state index in [0.29, 0.717) is 35.1 Å². The van der Waals surface area contributed by atoms with E-state index in [1.165, 1.54) is 0 Å². The van der Waals surface area contributed by atoms with Gasteiger partial charge >= 0.3 is 0 Å². The summed E-state index contributed by atoms with van der Waals surface area (Å²) in [6.07, 6.45) is 2.94. The number of hydrogen-bond acceptors (Lipinski definition) is 6. The van der Waals surface area contributed by atoms with E-state index in [1.807, 2.05) is 4.57 Å². The molecule has 4 rings (SSSR count). The van der Waals surface area contributed by atoms with Gasteiger partial charge in [-0.25, -0.2) is 8.42 Å². The molecule has 2 aromatic rings. The van der Waals surface area contributed by atoms with Crippen LogP contribution in [0.25, 0.3) is 11.1 Å². The number of piperazine rings is 1. The highest BCUT2D eigenvalue weighted by Gasteiger charge is 2.27. The first-order valence-electron chi connectivity index (χ1n) is 10.1. The van der Waals surface area contributed by atoms with Crippen LogP contribution in [0.1, 0.15) is 26.2 Å². The maximum Gasteiger partial charge on any atom is 0.270 e. The van der Waals surface area contributed by atoms with Gasteiger partial charge in [-0.05, 0) is 49.8 Å². The molecule has 0 N–H and O–H groups in total. The Labute approximate surface area is 171 Å². The van der Waals surface area contributed by atoms with Crippen LogP contribution < -0.4 is 0 Å². The van der Waals surface area contributed by atoms with Crippen molar-refractivity contribution in [3.8, 4) is 0 Å². The fraction of sp³-hybridized carbons (Fsp3) is 0.632. The van der Waals surface area contributed by atoms with Gasteiger partial charge in [-0.15, -0.1) is 0 Å². The molecular weight excluding hydrogens is 396 g/mol. The molecule has 2 aliphatic rings. The minimum atomic E-state index is -3.48. The van der Waals surface area contributed by atoms with Crippen molar-refractivity contribution in [2.75, 3.05) is 45.8 Å². The molecule has 2 saturated heterocycles. The van der Waals surface area contributed by atoms with E-state index < -0.39 is 10.0 Å². The first kappa shape index (κ1) is 20.0. The molecule has 0 bridgehead atoms. The minimum Gasteiger partial charge on any atom is -0.429 e. The number of hydrogen-bond donors (Lipinski definition) is 0. The Bertz CT molecular complexity index is 984. The second-order valence-electron chi connectivity index (χ2n) is 7.58. The van der Waals surface area contributed by atoms with Crippen molar-refractivity contribution in [1.82, 2.24) is 18.7 Å². The van der Waals surface area contributed by atoms with Crippen LogP contribution in [-0.2, 0) is 16.7 Å². The number of sulfonamides is 1. The van der Waals surface area contributed by atoms with E-state index in [9.17, 15) is 8.42 Å². The molecule has 2 fully saturated rings. The number of nitrogens with zero attached hydrogens (tertiary/aromatic N) is 4. The van der Waals surface area contributed by atoms with Gasteiger partial charge < -0.3 is 9.32 Å². The first-order chi connectivity index (χ1) is 13.5. The van der Waals surface area contributed by atoms with Crippen LogP contribution in [0, 0.1) is 4.84 Å². The summed E-state index contributed by atoms with van der Waals surface area (Å²) in [5, 5.41) is 0. The SMILES string of the molecule is CCN1CCN(Cn2c(=S)oc3ccc(S(=O)(=O)N4CCCCC4)cc32)CC1. The van der Waals surface area contributed by atoms with Gasteiger partial charge in [0, 0.05) is 39.3 Å². The lowest BCUT2D eigenvalue weighted by Gasteiger charge is -2.34. The molecule has 0 amide bonds. The number of fused-ring (bicyclic) bond motifs is 1. The third-order valence-electron chi connectivity index (χ3n) is 5.85. The molecule has 154 valence electrons. The van der Waals surface area contributed by atoms with Gasteiger partial charge in [0.05, 0.1) is 17.1 Å². The molecule has 0 atom stereocenters. The van der Waals surface area contributed by atoms with Gasteiger partial charge in [0.25, 0.3) is 4.84 Å². The summed E-state index contributed by atoms with van der Waals surface area (Å²) in [5.41, 5.74) is 1.38. The predicted molar refractivity (Wildman–Crippen MR) is 111 cm³/mol. The van der Waals surface area contributed by atoms with Crippen molar-refractivity contribution >= 4 is 33.3 Å². The second kappa shape index (κ2) is 8.23. The van der Waals surface area contributed by atoms with Gasteiger partial charge in [-0.1, -0.05) is 13.3 Å². The summed E-state index contributed by atoms with van der Waals surface area (Å²) in [4.78, 5) is 5.47. The summed E-state index contributed by atoms with van der Waals surface area (Å²) < 4.78 is 35.3. The first-order valence-corrected chi connectivity index (χ1v) is 11.9. The lowest BCUT2D eigenvalue weighted by molar-refractivity contribution is 0.111. The van der Waals surface area contributed by atoms with Gasteiger partial charge in [0.15, 0.2) is 5.58 Å². The zero-order chi connectivity index (χ0) is 19.7. The third kappa shape index (κ3) is 3.91. The molecule has 0 unspecified atom stereocenters. The van der Waals surface area contributed by atoms with Crippen molar-refractivity contribution < 1.29 is 12.8 Å². The van der Waals surface area contributed by atoms with Gasteiger partial charge in [-0.3, -0.25) is 9.47 Å². The van der Waals surface area contributed by atoms with E-state index in [4.69, 9.17) is 16.6 Å². The van der Waals surface area contributed by atoms with Crippen LogP contribution in [-0.4, -0.2) is 72.9 Å². The topological polar surface area (TPSA) is 61.9 Å². The average Bonchev–Trinajstić information content (AvgIpc) is 3.03. The van der Waals surface area contributed by atoms with Crippen LogP contribution in [0.2, 0.25) is 0 Å². The molecule has 0 saturated carbocycles. The summed E-state index contributed by atoms with van der Waals surface area (Å²) in [7, 11) is -3.48. The number of rotatable bonds is 5. The Kier molecular flexibility index (Phi) is 5.89. The zero-order valence-electron chi connectivity index (χ0n) is 16.3. The average molecular weight is 425 g/mol. The molecule has 0 radical (unpaired) electrons. The van der Waals surface area contributed by atoms with Crippen LogP contribution in [0.3, 0.4) is 0 Å². The van der Waals surface area contributed by atoms with Gasteiger partial charge in [0.1, 0.15) is 0 Å². The smallest absolute Gasteiger partial charge is 0.270 e. The van der Waals surface area contributed by atoms with E-state index in [2.05, 4.69) is 16.7 Å². The molecule has 0 aliphatic carbocycles. The molecule has 1 aromatic heterocycles. The Hall–Kier alpha value is -1.26. The molecule has 9 heteroatoms. The minimum absolute atomic E-state index is 0.322. The van der Waals surface area contributed by atoms with Crippen LogP contribution >= 0.6 is 12.2 Å². The fourth-order valence-corrected chi connectivity index (χ4v) is 5.82. The second-order valence-corrected chi connectivity index (χ2v) is 9.87. The van der Waals surface area contributed by atoms with E-state index in [1.54, 1.807) is 22.5 Å². The van der Waals surface area contributed by atoms with Crippen LogP contribution in [0.5, 0.6) is 0 Å². The summed E-state index contributed by atoms with van der Waals surface area (Å²) in [5.74, 6) is 0. The van der Waals surface area contributed by atoms with Crippen LogP contribution in [0.4, 0.5) is 0 Å². The van der Waals surface area contributed by atoms with Crippen molar-refractivity contribution in [3.05, 3.63) is 23.0 Å². The third-order valence-corrected chi connectivity index (χ3v) is 8.04. The molecular formula is C19H28N4O3S2. The van der Waals surface area contributed by atoms with Gasteiger partial charge in [-0.2, -0.15) is 4.31 Å². The molecule has 7 nitrogen and oxygen atoms in total. The van der Waals surface area contributed by atoms with E-state index in [-0.39, 0.29) is 0 Å². The van der Waals surface area contributed by atoms with E-state index >= 15 is 0 Å². The lowest BCUT2D eigenvalue weighted by atomic mass is 10.2. The molecule has 3 heterocycles. The maximum absolute atomic E-state index is 13.1. The predicted octanol–water partition coefficient (Wildman–Crippen LogP) is 2.73. The highest BCUT2D eigenvalue weighted by atomic mass is 32.2. The molecule has 1 aromatic carbocycles. The van der Waals surface area contributed by atoms with Crippen LogP contribution in [0.15, 0.2) is 27.5 Å². The molecule has 28 heavy (non-hydrogen) atoms. The Morgan fingerprint density at radius 1 is 1.00 bits per heavy atom. The monoisotopic (exact) mass is 424 g/mol. The number of piperidine rings is 1.